The molecule has 5 rings (SSSR count). The second-order valence-corrected chi connectivity index (χ2v) is 12.3. The number of aliphatic hydroxyl groups excluding tert-OH is 1. The van der Waals surface area contributed by atoms with E-state index in [1.165, 1.54) is 13.0 Å². The van der Waals surface area contributed by atoms with Crippen molar-refractivity contribution in [3.63, 3.8) is 0 Å². The minimum absolute atomic E-state index is 0.250. The monoisotopic (exact) mass is 629 g/mol. The number of aliphatic hydroxyl groups is 1. The first-order chi connectivity index (χ1) is 21.2. The van der Waals surface area contributed by atoms with Gasteiger partial charge in [-0.1, -0.05) is 30.7 Å². The summed E-state index contributed by atoms with van der Waals surface area (Å²) in [5.41, 5.74) is 3.86. The van der Waals surface area contributed by atoms with Crippen molar-refractivity contribution >= 4 is 17.5 Å². The van der Waals surface area contributed by atoms with Gasteiger partial charge in [0.1, 0.15) is 17.1 Å². The molecule has 3 N–H and O–H groups in total. The van der Waals surface area contributed by atoms with Crippen molar-refractivity contribution in [2.24, 2.45) is 5.92 Å². The van der Waals surface area contributed by atoms with Crippen molar-refractivity contribution in [3.05, 3.63) is 75.9 Å². The largest absolute Gasteiger partial charge is 0.573 e. The molecule has 2 aromatic rings. The van der Waals surface area contributed by atoms with E-state index in [2.05, 4.69) is 9.64 Å². The van der Waals surface area contributed by atoms with Crippen molar-refractivity contribution in [2.75, 3.05) is 13.1 Å². The Morgan fingerprint density at radius 1 is 1.07 bits per heavy atom. The van der Waals surface area contributed by atoms with Crippen molar-refractivity contribution in [1.29, 1.82) is 0 Å². The fourth-order valence-electron chi connectivity index (χ4n) is 6.65. The van der Waals surface area contributed by atoms with E-state index in [0.717, 1.165) is 29.6 Å². The Hall–Kier alpha value is -3.83. The van der Waals surface area contributed by atoms with Gasteiger partial charge >= 0.3 is 18.3 Å². The van der Waals surface area contributed by atoms with Gasteiger partial charge in [-0.25, -0.2) is 4.79 Å². The van der Waals surface area contributed by atoms with E-state index < -0.39 is 42.0 Å². The van der Waals surface area contributed by atoms with Gasteiger partial charge in [-0.2, -0.15) is 0 Å². The van der Waals surface area contributed by atoms with Gasteiger partial charge < -0.3 is 24.8 Å². The molecule has 1 fully saturated rings. The summed E-state index contributed by atoms with van der Waals surface area (Å²) >= 11 is 0. The van der Waals surface area contributed by atoms with Gasteiger partial charge in [0.2, 0.25) is 0 Å². The maximum absolute atomic E-state index is 13.4. The highest BCUT2D eigenvalue weighted by Crippen LogP contribution is 2.44. The zero-order valence-electron chi connectivity index (χ0n) is 25.5. The fraction of sp³-hybridized carbons (Fsp3) is 0.471. The van der Waals surface area contributed by atoms with Crippen molar-refractivity contribution in [3.8, 4) is 11.5 Å². The predicted octanol–water partition coefficient (Wildman–Crippen LogP) is 6.84. The molecule has 2 heterocycles. The average molecular weight is 630 g/mol. The van der Waals surface area contributed by atoms with Gasteiger partial charge in [-0.3, -0.25) is 9.69 Å². The van der Waals surface area contributed by atoms with Crippen LogP contribution in [0.1, 0.15) is 87.3 Å². The topological polar surface area (TPSA) is 117 Å². The maximum Gasteiger partial charge on any atom is 0.573 e. The van der Waals surface area contributed by atoms with Crippen LogP contribution in [0.4, 0.5) is 13.2 Å². The molecule has 3 aliphatic rings. The van der Waals surface area contributed by atoms with E-state index in [0.29, 0.717) is 61.2 Å². The van der Waals surface area contributed by atoms with Crippen molar-refractivity contribution in [2.45, 2.75) is 83.4 Å². The standard InChI is InChI=1S/C34H38F3NO7/c1-4-21-15-25(32(42)43)17-27(21)23-7-8-28(45-34(35,36)37)26(16-23)20(3)38-13-11-33(12-14-38)10-9-22-5-6-24(18-29(22)44-33)30(39)19(2)31(40)41/h5-8,16-20,30,39H,4,9-15H2,1-3H3,(H,40,41)(H,42,43)/t19-,20?,30+/m0/s1. The summed E-state index contributed by atoms with van der Waals surface area (Å²) in [5, 5.41) is 29.4. The number of aryl methyl sites for hydroxylation is 1. The molecule has 1 aliphatic carbocycles. The molecule has 0 radical (unpaired) electrons. The third kappa shape index (κ3) is 6.89. The minimum atomic E-state index is -4.88. The maximum atomic E-state index is 13.4. The normalized spacial score (nSPS) is 20.2. The van der Waals surface area contributed by atoms with Gasteiger partial charge in [0, 0.05) is 36.7 Å². The van der Waals surface area contributed by atoms with Crippen LogP contribution < -0.4 is 9.47 Å². The number of allylic oxidation sites excluding steroid dienone is 3. The van der Waals surface area contributed by atoms with E-state index in [-0.39, 0.29) is 11.3 Å². The van der Waals surface area contributed by atoms with Crippen LogP contribution in [0, 0.1) is 5.92 Å². The summed E-state index contributed by atoms with van der Waals surface area (Å²) in [4.78, 5) is 25.1. The molecule has 1 unspecified atom stereocenters. The van der Waals surface area contributed by atoms with Gasteiger partial charge in [-0.05, 0) is 92.5 Å². The van der Waals surface area contributed by atoms with Gasteiger partial charge in [-0.15, -0.1) is 13.2 Å². The molecule has 0 saturated carbocycles. The first kappa shape index (κ1) is 32.6. The molecule has 0 bridgehead atoms. The van der Waals surface area contributed by atoms with Crippen LogP contribution in [0.3, 0.4) is 0 Å². The number of carboxylic acid groups (broad SMARTS) is 2. The van der Waals surface area contributed by atoms with E-state index in [1.807, 2.05) is 19.9 Å². The first-order valence-corrected chi connectivity index (χ1v) is 15.2. The summed E-state index contributed by atoms with van der Waals surface area (Å²) in [7, 11) is 0. The molecular weight excluding hydrogens is 591 g/mol. The second kappa shape index (κ2) is 12.5. The van der Waals surface area contributed by atoms with Crippen molar-refractivity contribution in [1.82, 2.24) is 4.90 Å². The fourth-order valence-corrected chi connectivity index (χ4v) is 6.65. The molecule has 242 valence electrons. The van der Waals surface area contributed by atoms with Gasteiger partial charge in [0.15, 0.2) is 0 Å². The zero-order valence-corrected chi connectivity index (χ0v) is 25.5. The smallest absolute Gasteiger partial charge is 0.487 e. The molecule has 2 aromatic carbocycles. The molecule has 1 spiro atoms. The SMILES string of the molecule is CCC1=C(c2ccc(OC(F)(F)F)c(C(C)N3CCC4(CCc5ccc([C@H](O)[C@H](C)C(=O)O)cc5O4)CC3)c2)C=C(C(=O)O)C1. The molecule has 8 nitrogen and oxygen atoms in total. The van der Waals surface area contributed by atoms with Gasteiger partial charge in [0.05, 0.1) is 12.0 Å². The number of hydrogen-bond acceptors (Lipinski definition) is 6. The highest BCUT2D eigenvalue weighted by molar-refractivity contribution is 5.96. The number of carbonyl (C=O) groups is 2. The van der Waals surface area contributed by atoms with E-state index in [4.69, 9.17) is 4.74 Å². The lowest BCUT2D eigenvalue weighted by Crippen LogP contribution is -2.50. The number of rotatable bonds is 9. The highest BCUT2D eigenvalue weighted by Gasteiger charge is 2.41. The summed E-state index contributed by atoms with van der Waals surface area (Å²) in [5.74, 6) is -2.76. The Labute approximate surface area is 259 Å². The Balaban J connectivity index is 1.36. The lowest BCUT2D eigenvalue weighted by molar-refractivity contribution is -0.275. The summed E-state index contributed by atoms with van der Waals surface area (Å²) < 4.78 is 51.3. The van der Waals surface area contributed by atoms with Crippen molar-refractivity contribution < 1.29 is 47.6 Å². The molecule has 3 atom stereocenters. The Bertz CT molecular complexity index is 1540. The number of alkyl halides is 3. The quantitative estimate of drug-likeness (QED) is 0.276. The lowest BCUT2D eigenvalue weighted by atomic mass is 9.82. The Morgan fingerprint density at radius 3 is 2.40 bits per heavy atom. The number of halogens is 3. The third-order valence-corrected chi connectivity index (χ3v) is 9.53. The Morgan fingerprint density at radius 2 is 1.78 bits per heavy atom. The summed E-state index contributed by atoms with van der Waals surface area (Å²) in [6.45, 7) is 6.32. The summed E-state index contributed by atoms with van der Waals surface area (Å²) in [6, 6.07) is 9.40. The summed E-state index contributed by atoms with van der Waals surface area (Å²) in [6.07, 6.45) is -0.779. The number of piperidine rings is 1. The molecule has 11 heteroatoms. The van der Waals surface area contributed by atoms with Crippen LogP contribution in [-0.4, -0.2) is 57.2 Å². The number of aliphatic carboxylic acids is 2. The average Bonchev–Trinajstić information content (AvgIpc) is 3.44. The highest BCUT2D eigenvalue weighted by atomic mass is 19.4. The number of nitrogens with zero attached hydrogens (tertiary/aromatic N) is 1. The number of hydrogen-bond donors (Lipinski definition) is 3. The molecular formula is C34H38F3NO7. The number of likely N-dealkylation sites (tertiary alicyclic amines) is 1. The van der Waals surface area contributed by atoms with Crippen LogP contribution in [0.2, 0.25) is 0 Å². The van der Waals surface area contributed by atoms with Crippen LogP contribution in [0.5, 0.6) is 11.5 Å². The molecule has 45 heavy (non-hydrogen) atoms. The van der Waals surface area contributed by atoms with E-state index >= 15 is 0 Å². The van der Waals surface area contributed by atoms with Crippen LogP contribution in [0.25, 0.3) is 5.57 Å². The van der Waals surface area contributed by atoms with E-state index in [1.54, 1.807) is 30.3 Å². The Kier molecular flexibility index (Phi) is 9.06. The third-order valence-electron chi connectivity index (χ3n) is 9.53. The number of fused-ring (bicyclic) bond motifs is 1. The molecule has 0 aromatic heterocycles. The number of carboxylic acids is 2. The molecule has 1 saturated heterocycles. The first-order valence-electron chi connectivity index (χ1n) is 15.2. The minimum Gasteiger partial charge on any atom is -0.487 e. The number of ether oxygens (including phenoxy) is 2. The van der Waals surface area contributed by atoms with Crippen LogP contribution in [-0.2, 0) is 16.0 Å². The van der Waals surface area contributed by atoms with Gasteiger partial charge in [0.25, 0.3) is 0 Å². The molecule has 2 aliphatic heterocycles. The predicted molar refractivity (Wildman–Crippen MR) is 160 cm³/mol. The molecule has 0 amide bonds. The van der Waals surface area contributed by atoms with E-state index in [9.17, 15) is 38.1 Å². The van der Waals surface area contributed by atoms with Crippen LogP contribution in [0.15, 0.2) is 53.6 Å². The number of benzene rings is 2. The van der Waals surface area contributed by atoms with Crippen LogP contribution >= 0.6 is 0 Å². The second-order valence-electron chi connectivity index (χ2n) is 12.3. The lowest BCUT2D eigenvalue weighted by Gasteiger charge is -2.46. The zero-order chi connectivity index (χ0) is 32.7.